The highest BCUT2D eigenvalue weighted by Gasteiger charge is 2.29. The zero-order valence-electron chi connectivity index (χ0n) is 10.0. The lowest BCUT2D eigenvalue weighted by atomic mass is 10.1. The molecule has 0 spiro atoms. The monoisotopic (exact) mass is 252 g/mol. The third kappa shape index (κ3) is 3.27. The second kappa shape index (κ2) is 5.46. The molecule has 1 aromatic carbocycles. The van der Waals surface area contributed by atoms with E-state index in [2.05, 4.69) is 5.32 Å². The van der Waals surface area contributed by atoms with Crippen LogP contribution in [-0.2, 0) is 6.54 Å². The molecule has 1 aliphatic rings. The lowest BCUT2D eigenvalue weighted by molar-refractivity contribution is 0.1000. The Hall–Kier alpha value is -1.46. The first-order chi connectivity index (χ1) is 8.58. The molecule has 0 saturated heterocycles. The minimum Gasteiger partial charge on any atom is -0.392 e. The summed E-state index contributed by atoms with van der Waals surface area (Å²) in [5.41, 5.74) is 5.68. The van der Waals surface area contributed by atoms with Crippen LogP contribution in [0, 0.1) is 11.7 Å². The highest BCUT2D eigenvalue weighted by atomic mass is 19.1. The summed E-state index contributed by atoms with van der Waals surface area (Å²) in [6.07, 6.45) is 1.80. The first kappa shape index (κ1) is 13.0. The molecule has 0 heterocycles. The van der Waals surface area contributed by atoms with E-state index in [9.17, 15) is 14.3 Å². The van der Waals surface area contributed by atoms with Crippen LogP contribution >= 0.6 is 0 Å². The maximum atomic E-state index is 13.6. The van der Waals surface area contributed by atoms with Gasteiger partial charge in [-0.25, -0.2) is 4.39 Å². The van der Waals surface area contributed by atoms with Crippen molar-refractivity contribution in [1.82, 2.24) is 5.32 Å². The molecule has 1 fully saturated rings. The highest BCUT2D eigenvalue weighted by molar-refractivity contribution is 5.92. The fourth-order valence-electron chi connectivity index (χ4n) is 1.85. The van der Waals surface area contributed by atoms with Gasteiger partial charge in [-0.15, -0.1) is 0 Å². The van der Waals surface area contributed by atoms with Crippen molar-refractivity contribution in [2.24, 2.45) is 11.7 Å². The van der Waals surface area contributed by atoms with Crippen molar-refractivity contribution >= 4 is 5.91 Å². The summed E-state index contributed by atoms with van der Waals surface area (Å²) >= 11 is 0. The number of amides is 1. The van der Waals surface area contributed by atoms with Gasteiger partial charge in [-0.1, -0.05) is 6.07 Å². The summed E-state index contributed by atoms with van der Waals surface area (Å²) in [5, 5.41) is 12.6. The lowest BCUT2D eigenvalue weighted by Gasteiger charge is -2.11. The molecule has 0 aliphatic heterocycles. The van der Waals surface area contributed by atoms with E-state index in [-0.39, 0.29) is 11.7 Å². The number of halogens is 1. The Balaban J connectivity index is 1.86. The standard InChI is InChI=1S/C13H17FN2O2/c14-11-5-9(13(15)18)3-4-10(11)6-16-7-12(17)8-1-2-8/h3-5,8,12,16-17H,1-2,6-7H2,(H2,15,18). The highest BCUT2D eigenvalue weighted by Crippen LogP contribution is 2.32. The largest absolute Gasteiger partial charge is 0.392 e. The number of hydrogen-bond donors (Lipinski definition) is 3. The van der Waals surface area contributed by atoms with E-state index in [0.29, 0.717) is 24.6 Å². The van der Waals surface area contributed by atoms with Crippen LogP contribution in [0.3, 0.4) is 0 Å². The molecular formula is C13H17FN2O2. The van der Waals surface area contributed by atoms with Crippen LogP contribution in [0.5, 0.6) is 0 Å². The Morgan fingerprint density at radius 2 is 2.28 bits per heavy atom. The van der Waals surface area contributed by atoms with Gasteiger partial charge in [0.2, 0.25) is 5.91 Å². The molecule has 1 unspecified atom stereocenters. The first-order valence-electron chi connectivity index (χ1n) is 6.05. The van der Waals surface area contributed by atoms with Crippen LogP contribution in [0.2, 0.25) is 0 Å². The normalized spacial score (nSPS) is 16.6. The molecule has 5 heteroatoms. The summed E-state index contributed by atoms with van der Waals surface area (Å²) in [4.78, 5) is 10.9. The SMILES string of the molecule is NC(=O)c1ccc(CNCC(O)C2CC2)c(F)c1. The number of aliphatic hydroxyl groups excluding tert-OH is 1. The van der Waals surface area contributed by atoms with Crippen molar-refractivity contribution in [2.75, 3.05) is 6.54 Å². The number of nitrogens with two attached hydrogens (primary N) is 1. The van der Waals surface area contributed by atoms with Gasteiger partial charge in [0.25, 0.3) is 0 Å². The van der Waals surface area contributed by atoms with Gasteiger partial charge in [-0.05, 0) is 30.9 Å². The Bertz CT molecular complexity index is 447. The zero-order chi connectivity index (χ0) is 13.1. The van der Waals surface area contributed by atoms with E-state index in [4.69, 9.17) is 5.73 Å². The Kier molecular flexibility index (Phi) is 3.93. The molecule has 0 bridgehead atoms. The molecule has 2 rings (SSSR count). The summed E-state index contributed by atoms with van der Waals surface area (Å²) in [6, 6.07) is 4.17. The number of benzene rings is 1. The molecule has 0 radical (unpaired) electrons. The van der Waals surface area contributed by atoms with Crippen LogP contribution in [0.25, 0.3) is 0 Å². The number of aliphatic hydroxyl groups is 1. The average molecular weight is 252 g/mol. The molecule has 0 aromatic heterocycles. The van der Waals surface area contributed by atoms with Crippen LogP contribution < -0.4 is 11.1 Å². The number of hydrogen-bond acceptors (Lipinski definition) is 3. The number of carbonyl (C=O) groups excluding carboxylic acids is 1. The molecule has 4 nitrogen and oxygen atoms in total. The van der Waals surface area contributed by atoms with E-state index in [0.717, 1.165) is 18.9 Å². The predicted molar refractivity (Wildman–Crippen MR) is 65.4 cm³/mol. The average Bonchev–Trinajstić information content (AvgIpc) is 3.14. The van der Waals surface area contributed by atoms with Crippen LogP contribution in [-0.4, -0.2) is 23.7 Å². The number of nitrogens with one attached hydrogen (secondary N) is 1. The molecule has 1 saturated carbocycles. The smallest absolute Gasteiger partial charge is 0.248 e. The van der Waals surface area contributed by atoms with Gasteiger partial charge in [-0.2, -0.15) is 0 Å². The Morgan fingerprint density at radius 3 is 2.83 bits per heavy atom. The van der Waals surface area contributed by atoms with Crippen LogP contribution in [0.1, 0.15) is 28.8 Å². The fourth-order valence-corrected chi connectivity index (χ4v) is 1.85. The van der Waals surface area contributed by atoms with Gasteiger partial charge in [-0.3, -0.25) is 4.79 Å². The van der Waals surface area contributed by atoms with Crippen molar-refractivity contribution in [1.29, 1.82) is 0 Å². The van der Waals surface area contributed by atoms with Crippen molar-refractivity contribution in [3.63, 3.8) is 0 Å². The second-order valence-corrected chi connectivity index (χ2v) is 4.71. The van der Waals surface area contributed by atoms with Gasteiger partial charge in [0.15, 0.2) is 0 Å². The molecule has 18 heavy (non-hydrogen) atoms. The summed E-state index contributed by atoms with van der Waals surface area (Å²) in [6.45, 7) is 0.788. The van der Waals surface area contributed by atoms with Crippen molar-refractivity contribution in [3.05, 3.63) is 35.1 Å². The van der Waals surface area contributed by atoms with Gasteiger partial charge in [0.05, 0.1) is 6.10 Å². The molecule has 1 atom stereocenters. The number of rotatable bonds is 6. The minimum atomic E-state index is -0.641. The lowest BCUT2D eigenvalue weighted by Crippen LogP contribution is -2.28. The van der Waals surface area contributed by atoms with E-state index in [1.807, 2.05) is 0 Å². The molecule has 4 N–H and O–H groups in total. The van der Waals surface area contributed by atoms with Crippen molar-refractivity contribution in [3.8, 4) is 0 Å². The Morgan fingerprint density at radius 1 is 1.56 bits per heavy atom. The fraction of sp³-hybridized carbons (Fsp3) is 0.462. The molecule has 98 valence electrons. The predicted octanol–water partition coefficient (Wildman–Crippen LogP) is 0.785. The van der Waals surface area contributed by atoms with Gasteiger partial charge < -0.3 is 16.2 Å². The van der Waals surface area contributed by atoms with E-state index in [1.54, 1.807) is 0 Å². The summed E-state index contributed by atoms with van der Waals surface area (Å²) < 4.78 is 13.6. The van der Waals surface area contributed by atoms with Crippen molar-refractivity contribution in [2.45, 2.75) is 25.5 Å². The van der Waals surface area contributed by atoms with Crippen LogP contribution in [0.4, 0.5) is 4.39 Å². The van der Waals surface area contributed by atoms with Gasteiger partial charge in [0.1, 0.15) is 5.82 Å². The quantitative estimate of drug-likeness (QED) is 0.700. The zero-order valence-corrected chi connectivity index (χ0v) is 10.0. The molecule has 1 amide bonds. The third-order valence-electron chi connectivity index (χ3n) is 3.17. The number of primary amides is 1. The van der Waals surface area contributed by atoms with E-state index in [1.165, 1.54) is 12.1 Å². The topological polar surface area (TPSA) is 75.4 Å². The van der Waals surface area contributed by atoms with Crippen LogP contribution in [0.15, 0.2) is 18.2 Å². The Labute approximate surface area is 105 Å². The second-order valence-electron chi connectivity index (χ2n) is 4.71. The molecular weight excluding hydrogens is 235 g/mol. The summed E-state index contributed by atoms with van der Waals surface area (Å²) in [7, 11) is 0. The maximum Gasteiger partial charge on any atom is 0.248 e. The number of carbonyl (C=O) groups is 1. The van der Waals surface area contributed by atoms with E-state index >= 15 is 0 Å². The van der Waals surface area contributed by atoms with Gasteiger partial charge in [0, 0.05) is 24.2 Å². The minimum absolute atomic E-state index is 0.161. The van der Waals surface area contributed by atoms with Gasteiger partial charge >= 0.3 is 0 Å². The molecule has 1 aromatic rings. The van der Waals surface area contributed by atoms with E-state index < -0.39 is 11.7 Å². The first-order valence-corrected chi connectivity index (χ1v) is 6.05. The maximum absolute atomic E-state index is 13.6. The summed E-state index contributed by atoms with van der Waals surface area (Å²) in [5.74, 6) is -0.697. The third-order valence-corrected chi connectivity index (χ3v) is 3.17. The molecule has 1 aliphatic carbocycles. The van der Waals surface area contributed by atoms with Crippen molar-refractivity contribution < 1.29 is 14.3 Å².